The van der Waals surface area contributed by atoms with E-state index >= 15 is 0 Å². The first-order valence-corrected chi connectivity index (χ1v) is 13.1. The Labute approximate surface area is 226 Å². The van der Waals surface area contributed by atoms with E-state index in [1.807, 2.05) is 0 Å². The van der Waals surface area contributed by atoms with Crippen LogP contribution in [-0.4, -0.2) is 91.8 Å². The normalized spacial score (nSPS) is 41.5. The third-order valence-corrected chi connectivity index (χ3v) is 10.2. The van der Waals surface area contributed by atoms with Gasteiger partial charge in [0.25, 0.3) is 5.91 Å². The van der Waals surface area contributed by atoms with E-state index < -0.39 is 93.5 Å². The number of carbonyl (C=O) groups is 4. The van der Waals surface area contributed by atoms with Gasteiger partial charge in [-0.25, -0.2) is 0 Å². The highest BCUT2D eigenvalue weighted by Crippen LogP contribution is 2.68. The van der Waals surface area contributed by atoms with Crippen LogP contribution in [0.1, 0.15) is 66.8 Å². The number of nitrogens with two attached hydrogens (primary N) is 1. The maximum absolute atomic E-state index is 14.1. The highest BCUT2D eigenvalue weighted by Gasteiger charge is 2.80. The van der Waals surface area contributed by atoms with Crippen molar-refractivity contribution in [2.75, 3.05) is 14.1 Å². The highest BCUT2D eigenvalue weighted by atomic mass is 16.4. The van der Waals surface area contributed by atoms with Crippen LogP contribution in [0.3, 0.4) is 0 Å². The Bertz CT molecular complexity index is 1280. The van der Waals surface area contributed by atoms with E-state index in [0.717, 1.165) is 0 Å². The molecule has 2 saturated carbocycles. The van der Waals surface area contributed by atoms with E-state index in [1.165, 1.54) is 45.0 Å². The maximum atomic E-state index is 14.1. The van der Waals surface area contributed by atoms with Crippen molar-refractivity contribution in [1.29, 1.82) is 0 Å². The number of aliphatic hydroxyl groups excluding tert-OH is 3. The molecule has 0 radical (unpaired) electrons. The summed E-state index contributed by atoms with van der Waals surface area (Å²) >= 11 is 0. The molecule has 2 fully saturated rings. The first kappa shape index (κ1) is 29.1. The lowest BCUT2D eigenvalue weighted by Gasteiger charge is -2.69. The minimum absolute atomic E-state index is 0.120. The zero-order valence-corrected chi connectivity index (χ0v) is 23.2. The first-order chi connectivity index (χ1) is 17.8. The molecule has 39 heavy (non-hydrogen) atoms. The van der Waals surface area contributed by atoms with Crippen LogP contribution in [0.2, 0.25) is 0 Å². The summed E-state index contributed by atoms with van der Waals surface area (Å²) < 4.78 is 0. The number of rotatable bonds is 3. The molecule has 7 N–H and O–H groups in total. The third kappa shape index (κ3) is 3.24. The lowest BCUT2D eigenvalue weighted by atomic mass is 9.36. The zero-order valence-electron chi connectivity index (χ0n) is 23.2. The van der Waals surface area contributed by atoms with Crippen LogP contribution >= 0.6 is 0 Å². The van der Waals surface area contributed by atoms with Gasteiger partial charge in [0.1, 0.15) is 17.8 Å². The van der Waals surface area contributed by atoms with Crippen molar-refractivity contribution < 1.29 is 44.7 Å². The summed E-state index contributed by atoms with van der Waals surface area (Å²) in [5, 5.41) is 58.3. The molecule has 0 bridgehead atoms. The minimum atomic E-state index is -2.86. The molecule has 0 aliphatic heterocycles. The summed E-state index contributed by atoms with van der Waals surface area (Å²) in [6.45, 7) is 7.90. The number of phenolic OH excluding ortho intramolecular Hbond substituents is 1. The Balaban J connectivity index is 2.08. The van der Waals surface area contributed by atoms with Crippen molar-refractivity contribution in [3.05, 3.63) is 28.8 Å². The predicted molar refractivity (Wildman–Crippen MR) is 138 cm³/mol. The van der Waals surface area contributed by atoms with E-state index in [-0.39, 0.29) is 16.7 Å². The summed E-state index contributed by atoms with van der Waals surface area (Å²) in [7, 11) is 3.05. The van der Waals surface area contributed by atoms with Crippen molar-refractivity contribution in [2.45, 2.75) is 64.4 Å². The minimum Gasteiger partial charge on any atom is -0.507 e. The number of fused-ring (bicyclic) bond motifs is 3. The van der Waals surface area contributed by atoms with Crippen LogP contribution < -0.4 is 5.73 Å². The van der Waals surface area contributed by atoms with Crippen molar-refractivity contribution in [3.8, 4) is 5.75 Å². The number of ketones is 2. The molecule has 2 unspecified atom stereocenters. The third-order valence-electron chi connectivity index (χ3n) is 10.2. The Morgan fingerprint density at radius 1 is 1.08 bits per heavy atom. The predicted octanol–water partition coefficient (Wildman–Crippen LogP) is -0.194. The van der Waals surface area contributed by atoms with Crippen molar-refractivity contribution in [2.24, 2.45) is 40.2 Å². The van der Waals surface area contributed by atoms with Crippen LogP contribution in [0.15, 0.2) is 12.1 Å². The van der Waals surface area contributed by atoms with Crippen LogP contribution in [0.5, 0.6) is 5.75 Å². The van der Waals surface area contributed by atoms with E-state index in [0.29, 0.717) is 0 Å². The molecular formula is C28H38N2O9. The lowest BCUT2D eigenvalue weighted by Crippen LogP contribution is -2.83. The molecule has 0 spiro atoms. The molecule has 2 amide bonds. The lowest BCUT2D eigenvalue weighted by molar-refractivity contribution is -0.306. The standard InChI is InChI=1S/C28H38N2O9/c1-10(2)17-20(33)16(23(29)36)21(34)28(39)22(35)18-19(32)15-13(31)9-8-12(24(37)30(6)7)14(15)11(3)26(18,4)25(38)27(17,28)5/h8-11,16-18,20,22,25,31,33,35,38-39H,1-7H3,(H2,29,36)/t11-,16-,17+,18-,20?,22?,25-,26+,27+,28+/m1/s1. The number of aromatic hydroxyl groups is 1. The van der Waals surface area contributed by atoms with Crippen molar-refractivity contribution >= 4 is 23.4 Å². The molecule has 0 heterocycles. The Kier molecular flexibility index (Phi) is 6.59. The van der Waals surface area contributed by atoms with E-state index in [1.54, 1.807) is 20.8 Å². The molecule has 3 aliphatic carbocycles. The molecule has 10 atom stereocenters. The molecule has 0 saturated heterocycles. The Morgan fingerprint density at radius 3 is 2.13 bits per heavy atom. The van der Waals surface area contributed by atoms with Gasteiger partial charge < -0.3 is 36.2 Å². The molecule has 3 aliphatic rings. The van der Waals surface area contributed by atoms with Crippen LogP contribution in [0, 0.1) is 34.5 Å². The largest absolute Gasteiger partial charge is 0.507 e. The van der Waals surface area contributed by atoms with Gasteiger partial charge in [-0.05, 0) is 35.4 Å². The topological polar surface area (TPSA) is 199 Å². The molecular weight excluding hydrogens is 508 g/mol. The second kappa shape index (κ2) is 8.82. The molecule has 11 nitrogen and oxygen atoms in total. The molecule has 1 aromatic rings. The number of Topliss-reactive ketones (excluding diaryl/α,β-unsaturated/α-hetero) is 2. The number of amides is 2. The number of phenols is 1. The first-order valence-electron chi connectivity index (χ1n) is 13.1. The number of hydrogen-bond acceptors (Lipinski definition) is 9. The second-order valence-electron chi connectivity index (χ2n) is 12.5. The van der Waals surface area contributed by atoms with Gasteiger partial charge in [0, 0.05) is 30.5 Å². The van der Waals surface area contributed by atoms with Gasteiger partial charge >= 0.3 is 0 Å². The van der Waals surface area contributed by atoms with Gasteiger partial charge in [0.05, 0.1) is 23.7 Å². The summed E-state index contributed by atoms with van der Waals surface area (Å²) in [6.07, 6.45) is -5.53. The van der Waals surface area contributed by atoms with Gasteiger partial charge in [-0.15, -0.1) is 0 Å². The van der Waals surface area contributed by atoms with E-state index in [2.05, 4.69) is 0 Å². The molecule has 11 heteroatoms. The molecule has 214 valence electrons. The number of primary amides is 1. The van der Waals surface area contributed by atoms with Crippen LogP contribution in [-0.2, 0) is 9.59 Å². The fourth-order valence-electron chi connectivity index (χ4n) is 8.25. The fourth-order valence-corrected chi connectivity index (χ4v) is 8.25. The number of benzene rings is 1. The van der Waals surface area contributed by atoms with Crippen LogP contribution in [0.25, 0.3) is 0 Å². The summed E-state index contributed by atoms with van der Waals surface area (Å²) in [5.41, 5.74) is -0.887. The summed E-state index contributed by atoms with van der Waals surface area (Å²) in [6, 6.07) is 2.57. The van der Waals surface area contributed by atoms with E-state index in [4.69, 9.17) is 5.73 Å². The second-order valence-corrected chi connectivity index (χ2v) is 12.5. The van der Waals surface area contributed by atoms with Crippen molar-refractivity contribution in [1.82, 2.24) is 4.90 Å². The Hall–Kier alpha value is -2.86. The average molecular weight is 547 g/mol. The quantitative estimate of drug-likeness (QED) is 0.278. The molecule has 0 aromatic heterocycles. The summed E-state index contributed by atoms with van der Waals surface area (Å²) in [5.74, 6) is -10.3. The number of nitrogens with zero attached hydrogens (tertiary/aromatic N) is 1. The van der Waals surface area contributed by atoms with Crippen LogP contribution in [0.4, 0.5) is 0 Å². The fraction of sp³-hybridized carbons (Fsp3) is 0.643. The maximum Gasteiger partial charge on any atom is 0.253 e. The highest BCUT2D eigenvalue weighted by molar-refractivity contribution is 6.11. The number of carbonyl (C=O) groups excluding carboxylic acids is 4. The van der Waals surface area contributed by atoms with Gasteiger partial charge in [-0.2, -0.15) is 0 Å². The van der Waals surface area contributed by atoms with Gasteiger partial charge in [-0.1, -0.05) is 34.6 Å². The molecule has 4 rings (SSSR count). The zero-order chi connectivity index (χ0) is 29.7. The van der Waals surface area contributed by atoms with Crippen molar-refractivity contribution in [3.63, 3.8) is 0 Å². The van der Waals surface area contributed by atoms with Gasteiger partial charge in [-0.3, -0.25) is 19.2 Å². The Morgan fingerprint density at radius 2 is 1.64 bits per heavy atom. The average Bonchev–Trinajstić information content (AvgIpc) is 2.83. The molecule has 1 aromatic carbocycles. The van der Waals surface area contributed by atoms with Gasteiger partial charge in [0.2, 0.25) is 5.91 Å². The van der Waals surface area contributed by atoms with E-state index in [9.17, 15) is 44.7 Å². The monoisotopic (exact) mass is 546 g/mol. The van der Waals surface area contributed by atoms with Gasteiger partial charge in [0.15, 0.2) is 17.2 Å². The number of aliphatic hydroxyl groups is 4. The summed E-state index contributed by atoms with van der Waals surface area (Å²) in [4.78, 5) is 54.6. The SMILES string of the molecule is CC(C)[C@H]1C(O)[C@@H](C(N)=O)C(=O)[C@]2(O)C(O)[C@H]3C(=O)c4c(O)ccc(C(=O)N(C)C)c4[C@@H](C)[C@]3(C)[C@@H](O)[C@]12C. The number of hydrogen-bond donors (Lipinski definition) is 6. The smallest absolute Gasteiger partial charge is 0.253 e.